The van der Waals surface area contributed by atoms with Crippen LogP contribution in [0.2, 0.25) is 0 Å². The van der Waals surface area contributed by atoms with Crippen molar-refractivity contribution in [1.82, 2.24) is 0 Å². The van der Waals surface area contributed by atoms with Crippen molar-refractivity contribution in [3.8, 4) is 11.5 Å². The van der Waals surface area contributed by atoms with Gasteiger partial charge >= 0.3 is 212 Å². The Labute approximate surface area is 211 Å². The summed E-state index contributed by atoms with van der Waals surface area (Å²) in [5, 5.41) is 10.8. The summed E-state index contributed by atoms with van der Waals surface area (Å²) in [7, 11) is 8.40. The summed E-state index contributed by atoms with van der Waals surface area (Å²) in [5.74, 6) is 0.425. The molecule has 0 spiro atoms. The summed E-state index contributed by atoms with van der Waals surface area (Å²) in [6.07, 6.45) is 0. The van der Waals surface area contributed by atoms with Crippen LogP contribution in [0.5, 0.6) is 11.5 Å². The molecule has 0 saturated carbocycles. The van der Waals surface area contributed by atoms with Crippen molar-refractivity contribution >= 4 is 55.0 Å². The molecule has 10 heteroatoms. The number of carboxylic acid groups (broad SMARTS) is 1. The van der Waals surface area contributed by atoms with Crippen LogP contribution in [-0.4, -0.2) is 65.5 Å². The van der Waals surface area contributed by atoms with Gasteiger partial charge in [-0.2, -0.15) is 0 Å². The van der Waals surface area contributed by atoms with Gasteiger partial charge in [-0.05, 0) is 0 Å². The Balaban J connectivity index is 0.000000331. The third-order valence-electron chi connectivity index (χ3n) is 4.51. The van der Waals surface area contributed by atoms with Gasteiger partial charge in [0.2, 0.25) is 0 Å². The molecule has 0 atom stereocenters. The Morgan fingerprint density at radius 1 is 0.848 bits per heavy atom. The van der Waals surface area contributed by atoms with Crippen molar-refractivity contribution in [2.45, 2.75) is 38.3 Å². The number of aryl methyl sites for hydroxylation is 2. The predicted octanol–water partition coefficient (Wildman–Crippen LogP) is 4.26. The number of benzene rings is 2. The molecule has 0 radical (unpaired) electrons. The van der Waals surface area contributed by atoms with Crippen molar-refractivity contribution in [3.63, 3.8) is 0 Å². The van der Waals surface area contributed by atoms with Gasteiger partial charge in [0.15, 0.2) is 0 Å². The van der Waals surface area contributed by atoms with E-state index in [2.05, 4.69) is 15.0 Å². The van der Waals surface area contributed by atoms with Crippen LogP contribution in [0.4, 0.5) is 0 Å². The first-order valence-electron chi connectivity index (χ1n) is 10.2. The Kier molecular flexibility index (Phi) is 13.9. The predicted molar refractivity (Wildman–Crippen MR) is 141 cm³/mol. The normalized spacial score (nSPS) is 10.1. The summed E-state index contributed by atoms with van der Waals surface area (Å²) in [6, 6.07) is 7.41. The molecule has 6 nitrogen and oxygen atoms in total. The van der Waals surface area contributed by atoms with Gasteiger partial charge in [0.1, 0.15) is 0 Å². The molecule has 0 aliphatic rings. The number of methoxy groups -OCH3 is 1. The van der Waals surface area contributed by atoms with E-state index in [1.165, 1.54) is 7.11 Å². The molecular weight excluding hydrogens is 592 g/mol. The van der Waals surface area contributed by atoms with E-state index in [-0.39, 0.29) is 34.1 Å². The number of rotatable bonds is 10. The molecule has 0 amide bonds. The Bertz CT molecular complexity index is 1010. The number of ether oxygens (including phenoxy) is 3. The van der Waals surface area contributed by atoms with E-state index in [1.807, 2.05) is 39.0 Å². The minimum atomic E-state index is -0.864. The molecule has 0 saturated heterocycles. The minimum absolute atomic E-state index is 0.0214. The van der Waals surface area contributed by atoms with E-state index >= 15 is 0 Å². The van der Waals surface area contributed by atoms with Crippen LogP contribution in [0.25, 0.3) is 0 Å². The Hall–Kier alpha value is -1.38. The van der Waals surface area contributed by atoms with Crippen LogP contribution in [-0.2, 0) is 15.4 Å². The zero-order valence-electron chi connectivity index (χ0n) is 19.5. The van der Waals surface area contributed by atoms with E-state index < -0.39 is 5.97 Å². The molecule has 33 heavy (non-hydrogen) atoms. The van der Waals surface area contributed by atoms with Gasteiger partial charge in [0.25, 0.3) is 0 Å². The zero-order chi connectivity index (χ0) is 25.0. The fourth-order valence-electron chi connectivity index (χ4n) is 3.27. The van der Waals surface area contributed by atoms with Gasteiger partial charge in [-0.1, -0.05) is 0 Å². The first kappa shape index (κ1) is 29.7. The topological polar surface area (TPSA) is 82.1 Å². The molecule has 0 aliphatic heterocycles. The molecule has 0 bridgehead atoms. The third-order valence-corrected chi connectivity index (χ3v) is 8.24. The molecule has 0 heterocycles. The van der Waals surface area contributed by atoms with Crippen molar-refractivity contribution < 1.29 is 28.9 Å². The maximum atomic E-state index is 11.7. The first-order valence-corrected chi connectivity index (χ1v) is 19.4. The second kappa shape index (κ2) is 15.5. The third kappa shape index (κ3) is 9.06. The molecule has 2 rings (SSSR count). The number of carbonyl (C=O) groups is 2. The standard InChI is InChI=1S/C12H17O3PSe.C11H15O3PSe/c1-4-15-10-5-8(2)11(12(13)14-3)9(6-10)7-17-16;1-3-14-9-4-7(2)10(11(12)13)8(5-9)6-16-15/h5-6,16-17H,4,7H2,1-3H3;4-5,15-16H,3,6H2,1-2H3,(H,12,13). The molecule has 2 aromatic rings. The SMILES string of the molecule is CCOc1cc(C)c(C(=O)O)c(C[SeH]=P)c1.CCOc1cc(C)c(C(=O)OC)c(C[SeH]=P)c1. The van der Waals surface area contributed by atoms with Gasteiger partial charge in [-0.25, -0.2) is 0 Å². The van der Waals surface area contributed by atoms with Gasteiger partial charge in [0.05, 0.1) is 0 Å². The van der Waals surface area contributed by atoms with Gasteiger partial charge in [-0.15, -0.1) is 0 Å². The van der Waals surface area contributed by atoms with E-state index in [4.69, 9.17) is 19.3 Å². The summed E-state index contributed by atoms with van der Waals surface area (Å²) in [4.78, 5) is 22.9. The quantitative estimate of drug-likeness (QED) is 0.242. The van der Waals surface area contributed by atoms with Crippen molar-refractivity contribution in [2.24, 2.45) is 0 Å². The second-order valence-electron chi connectivity index (χ2n) is 6.84. The maximum absolute atomic E-state index is 11.7. The molecule has 0 fully saturated rings. The van der Waals surface area contributed by atoms with E-state index in [0.29, 0.717) is 24.3 Å². The number of carboxylic acids is 1. The van der Waals surface area contributed by atoms with E-state index in [9.17, 15) is 9.59 Å². The number of aromatic carboxylic acids is 1. The number of esters is 1. The average molecular weight is 624 g/mol. The second-order valence-corrected chi connectivity index (χ2v) is 12.8. The van der Waals surface area contributed by atoms with E-state index in [0.717, 1.165) is 44.4 Å². The summed E-state index contributed by atoms with van der Waals surface area (Å²) < 4.78 is 15.7. The molecule has 0 unspecified atom stereocenters. The average Bonchev–Trinajstić information content (AvgIpc) is 2.74. The number of carbonyl (C=O) groups excluding carboxylic acids is 1. The fourth-order valence-corrected chi connectivity index (χ4v) is 6.80. The van der Waals surface area contributed by atoms with Crippen LogP contribution in [0, 0.1) is 13.8 Å². The van der Waals surface area contributed by atoms with Crippen molar-refractivity contribution in [3.05, 3.63) is 57.6 Å². The van der Waals surface area contributed by atoms with Gasteiger partial charge in [0, 0.05) is 0 Å². The summed E-state index contributed by atoms with van der Waals surface area (Å²) in [6.45, 7) is 8.78. The number of hydrogen-bond acceptors (Lipinski definition) is 5. The molecule has 0 aromatic heterocycles. The Morgan fingerprint density at radius 2 is 1.27 bits per heavy atom. The molecule has 0 aliphatic carbocycles. The van der Waals surface area contributed by atoms with Crippen molar-refractivity contribution in [2.75, 3.05) is 20.3 Å². The molecule has 2 aromatic carbocycles. The van der Waals surface area contributed by atoms with Crippen LogP contribution in [0.3, 0.4) is 0 Å². The van der Waals surface area contributed by atoms with Crippen LogP contribution >= 0.6 is 15.0 Å². The van der Waals surface area contributed by atoms with Gasteiger partial charge in [-0.3, -0.25) is 0 Å². The molecule has 182 valence electrons. The van der Waals surface area contributed by atoms with Crippen LogP contribution < -0.4 is 9.47 Å². The molecule has 1 N–H and O–H groups in total. The van der Waals surface area contributed by atoms with E-state index in [1.54, 1.807) is 13.0 Å². The summed E-state index contributed by atoms with van der Waals surface area (Å²) >= 11 is -0.00879. The Morgan fingerprint density at radius 3 is 1.64 bits per heavy atom. The monoisotopic (exact) mass is 626 g/mol. The van der Waals surface area contributed by atoms with Gasteiger partial charge < -0.3 is 0 Å². The van der Waals surface area contributed by atoms with Crippen molar-refractivity contribution in [1.29, 1.82) is 0 Å². The summed E-state index contributed by atoms with van der Waals surface area (Å²) in [5.41, 5.74) is 4.59. The molecular formula is C23H32O6P2Se2. The first-order chi connectivity index (χ1) is 15.7. The van der Waals surface area contributed by atoms with Crippen LogP contribution in [0.15, 0.2) is 24.3 Å². The number of hydrogen-bond donors (Lipinski definition) is 1. The van der Waals surface area contributed by atoms with Crippen LogP contribution in [0.1, 0.15) is 56.8 Å². The zero-order valence-corrected chi connectivity index (χ0v) is 25.3. The fraction of sp³-hybridized carbons (Fsp3) is 0.391.